The normalized spacial score (nSPS) is 10.7. The molecule has 15 heavy (non-hydrogen) atoms. The number of nitrogens with one attached hydrogen (secondary N) is 2. The first kappa shape index (κ1) is 14.5. The molecular formula is C13H28N2. The molecule has 0 aromatic carbocycles. The monoisotopic (exact) mass is 212 g/mol. The summed E-state index contributed by atoms with van der Waals surface area (Å²) >= 11 is 0. The minimum Gasteiger partial charge on any atom is -0.387 e. The van der Waals surface area contributed by atoms with E-state index >= 15 is 0 Å². The minimum atomic E-state index is 0.537. The smallest absolute Gasteiger partial charge is 0.0269 e. The Balaban J connectivity index is 3.08. The molecule has 2 heteroatoms. The number of unbranched alkanes of at least 4 members (excludes halogenated alkanes) is 3. The summed E-state index contributed by atoms with van der Waals surface area (Å²) in [4.78, 5) is 0. The molecule has 0 spiro atoms. The van der Waals surface area contributed by atoms with Crippen molar-refractivity contribution >= 4 is 0 Å². The van der Waals surface area contributed by atoms with Gasteiger partial charge in [-0.25, -0.2) is 0 Å². The third-order valence-corrected chi connectivity index (χ3v) is 2.56. The van der Waals surface area contributed by atoms with Crippen molar-refractivity contribution in [2.45, 2.75) is 46.5 Å². The molecule has 0 heterocycles. The van der Waals surface area contributed by atoms with Crippen LogP contribution in [0.25, 0.3) is 0 Å². The molecule has 0 aromatic heterocycles. The SMILES string of the molecule is C=C(NCCNCCCCCC)C(C)C. The quantitative estimate of drug-likeness (QED) is 0.544. The molecule has 0 aliphatic carbocycles. The van der Waals surface area contributed by atoms with E-state index in [-0.39, 0.29) is 0 Å². The van der Waals surface area contributed by atoms with Crippen LogP contribution < -0.4 is 10.6 Å². The Morgan fingerprint density at radius 1 is 1.07 bits per heavy atom. The summed E-state index contributed by atoms with van der Waals surface area (Å²) in [6.07, 6.45) is 5.34. The lowest BCUT2D eigenvalue weighted by atomic mass is 10.1. The van der Waals surface area contributed by atoms with Crippen molar-refractivity contribution in [3.63, 3.8) is 0 Å². The van der Waals surface area contributed by atoms with Gasteiger partial charge in [-0.1, -0.05) is 46.6 Å². The van der Waals surface area contributed by atoms with Crippen LogP contribution in [0.4, 0.5) is 0 Å². The molecular weight excluding hydrogens is 184 g/mol. The van der Waals surface area contributed by atoms with Crippen LogP contribution in [0.15, 0.2) is 12.3 Å². The maximum atomic E-state index is 3.97. The van der Waals surface area contributed by atoms with Crippen molar-refractivity contribution in [2.24, 2.45) is 5.92 Å². The molecule has 0 radical (unpaired) electrons. The first-order valence-electron chi connectivity index (χ1n) is 6.31. The van der Waals surface area contributed by atoms with Gasteiger partial charge in [-0.15, -0.1) is 0 Å². The summed E-state index contributed by atoms with van der Waals surface area (Å²) in [6.45, 7) is 13.7. The molecule has 0 bridgehead atoms. The number of rotatable bonds is 10. The van der Waals surface area contributed by atoms with E-state index in [0.717, 1.165) is 25.3 Å². The van der Waals surface area contributed by atoms with Gasteiger partial charge in [0.05, 0.1) is 0 Å². The summed E-state index contributed by atoms with van der Waals surface area (Å²) in [7, 11) is 0. The standard InChI is InChI=1S/C13H28N2/c1-5-6-7-8-9-14-10-11-15-13(4)12(2)3/h12,14-15H,4-11H2,1-3H3. The van der Waals surface area contributed by atoms with Crippen LogP contribution in [0.5, 0.6) is 0 Å². The Labute approximate surface area is 95.5 Å². The highest BCUT2D eigenvalue weighted by Crippen LogP contribution is 2.00. The lowest BCUT2D eigenvalue weighted by Crippen LogP contribution is -2.28. The highest BCUT2D eigenvalue weighted by Gasteiger charge is 1.97. The lowest BCUT2D eigenvalue weighted by Gasteiger charge is -2.12. The van der Waals surface area contributed by atoms with E-state index in [0.29, 0.717) is 5.92 Å². The van der Waals surface area contributed by atoms with E-state index in [1.807, 2.05) is 0 Å². The molecule has 0 saturated carbocycles. The number of hydrogen-bond acceptors (Lipinski definition) is 2. The molecule has 0 atom stereocenters. The second-order valence-electron chi connectivity index (χ2n) is 4.42. The van der Waals surface area contributed by atoms with E-state index in [9.17, 15) is 0 Å². The van der Waals surface area contributed by atoms with Gasteiger partial charge >= 0.3 is 0 Å². The predicted molar refractivity (Wildman–Crippen MR) is 69.0 cm³/mol. The average molecular weight is 212 g/mol. The van der Waals surface area contributed by atoms with Crippen molar-refractivity contribution in [3.05, 3.63) is 12.3 Å². The van der Waals surface area contributed by atoms with Gasteiger partial charge in [-0.2, -0.15) is 0 Å². The zero-order chi connectivity index (χ0) is 11.5. The third kappa shape index (κ3) is 9.80. The minimum absolute atomic E-state index is 0.537. The molecule has 0 aliphatic heterocycles. The molecule has 0 aliphatic rings. The van der Waals surface area contributed by atoms with Gasteiger partial charge in [-0.3, -0.25) is 0 Å². The van der Waals surface area contributed by atoms with E-state index < -0.39 is 0 Å². The van der Waals surface area contributed by atoms with E-state index in [2.05, 4.69) is 38.0 Å². The zero-order valence-electron chi connectivity index (χ0n) is 10.7. The third-order valence-electron chi connectivity index (χ3n) is 2.56. The molecule has 0 aromatic rings. The van der Waals surface area contributed by atoms with Gasteiger partial charge in [0.2, 0.25) is 0 Å². The second-order valence-corrected chi connectivity index (χ2v) is 4.42. The van der Waals surface area contributed by atoms with Gasteiger partial charge in [0.15, 0.2) is 0 Å². The zero-order valence-corrected chi connectivity index (χ0v) is 10.7. The van der Waals surface area contributed by atoms with Crippen LogP contribution >= 0.6 is 0 Å². The Kier molecular flexibility index (Phi) is 9.70. The van der Waals surface area contributed by atoms with Crippen molar-refractivity contribution in [1.82, 2.24) is 10.6 Å². The van der Waals surface area contributed by atoms with Crippen LogP contribution in [-0.4, -0.2) is 19.6 Å². The predicted octanol–water partition coefficient (Wildman–Crippen LogP) is 2.92. The van der Waals surface area contributed by atoms with Crippen molar-refractivity contribution in [2.75, 3.05) is 19.6 Å². The van der Waals surface area contributed by atoms with Crippen molar-refractivity contribution in [3.8, 4) is 0 Å². The summed E-state index contributed by atoms with van der Waals surface area (Å²) in [5, 5.41) is 6.76. The summed E-state index contributed by atoms with van der Waals surface area (Å²) in [5.74, 6) is 0.537. The Hall–Kier alpha value is -0.500. The van der Waals surface area contributed by atoms with Gasteiger partial charge in [0.25, 0.3) is 0 Å². The Morgan fingerprint density at radius 2 is 1.80 bits per heavy atom. The highest BCUT2D eigenvalue weighted by molar-refractivity contribution is 4.94. The van der Waals surface area contributed by atoms with Gasteiger partial charge in [0, 0.05) is 18.8 Å². The first-order chi connectivity index (χ1) is 7.18. The first-order valence-corrected chi connectivity index (χ1v) is 6.31. The Morgan fingerprint density at radius 3 is 2.40 bits per heavy atom. The van der Waals surface area contributed by atoms with Gasteiger partial charge in [0.1, 0.15) is 0 Å². The largest absolute Gasteiger partial charge is 0.387 e. The van der Waals surface area contributed by atoms with Crippen LogP contribution in [-0.2, 0) is 0 Å². The molecule has 90 valence electrons. The number of hydrogen-bond donors (Lipinski definition) is 2. The summed E-state index contributed by atoms with van der Waals surface area (Å²) in [6, 6.07) is 0. The topological polar surface area (TPSA) is 24.1 Å². The van der Waals surface area contributed by atoms with Crippen molar-refractivity contribution in [1.29, 1.82) is 0 Å². The van der Waals surface area contributed by atoms with Crippen LogP contribution in [0, 0.1) is 5.92 Å². The molecule has 0 amide bonds. The molecule has 2 N–H and O–H groups in total. The van der Waals surface area contributed by atoms with E-state index in [1.54, 1.807) is 0 Å². The summed E-state index contributed by atoms with van der Waals surface area (Å²) in [5.41, 5.74) is 1.14. The fourth-order valence-electron chi connectivity index (χ4n) is 1.32. The molecule has 0 fully saturated rings. The van der Waals surface area contributed by atoms with Crippen LogP contribution in [0.2, 0.25) is 0 Å². The molecule has 2 nitrogen and oxygen atoms in total. The maximum Gasteiger partial charge on any atom is 0.0269 e. The lowest BCUT2D eigenvalue weighted by molar-refractivity contribution is 0.575. The highest BCUT2D eigenvalue weighted by atomic mass is 14.9. The molecule has 0 rings (SSSR count). The molecule has 0 saturated heterocycles. The maximum absolute atomic E-state index is 3.97. The van der Waals surface area contributed by atoms with E-state index in [4.69, 9.17) is 0 Å². The van der Waals surface area contributed by atoms with Crippen molar-refractivity contribution < 1.29 is 0 Å². The fourth-order valence-corrected chi connectivity index (χ4v) is 1.32. The van der Waals surface area contributed by atoms with Crippen LogP contribution in [0.3, 0.4) is 0 Å². The summed E-state index contributed by atoms with van der Waals surface area (Å²) < 4.78 is 0. The van der Waals surface area contributed by atoms with Crippen LogP contribution in [0.1, 0.15) is 46.5 Å². The van der Waals surface area contributed by atoms with Gasteiger partial charge < -0.3 is 10.6 Å². The second kappa shape index (κ2) is 10.0. The van der Waals surface area contributed by atoms with Gasteiger partial charge in [-0.05, 0) is 18.9 Å². The average Bonchev–Trinajstić information content (AvgIpc) is 2.21. The van der Waals surface area contributed by atoms with E-state index in [1.165, 1.54) is 25.7 Å². The Bertz CT molecular complexity index is 153. The number of allylic oxidation sites excluding steroid dienone is 1. The molecule has 0 unspecified atom stereocenters. The fraction of sp³-hybridized carbons (Fsp3) is 0.846.